The Balaban J connectivity index is 1.84. The van der Waals surface area contributed by atoms with Crippen molar-refractivity contribution in [2.75, 3.05) is 12.4 Å². The Bertz CT molecular complexity index is 732. The fraction of sp³-hybridized carbons (Fsp3) is 0.278. The van der Waals surface area contributed by atoms with E-state index in [-0.39, 0.29) is 17.8 Å². The van der Waals surface area contributed by atoms with E-state index in [1.807, 2.05) is 0 Å². The molecule has 6 heteroatoms. The predicted molar refractivity (Wildman–Crippen MR) is 91.9 cm³/mol. The molecule has 0 unspecified atom stereocenters. The highest BCUT2D eigenvalue weighted by Gasteiger charge is 2.28. The van der Waals surface area contributed by atoms with E-state index in [0.717, 1.165) is 12.8 Å². The van der Waals surface area contributed by atoms with Gasteiger partial charge in [0.05, 0.1) is 12.1 Å². The summed E-state index contributed by atoms with van der Waals surface area (Å²) >= 11 is 6.14. The molecule has 1 saturated carbocycles. The molecule has 2 aromatic carbocycles. The highest BCUT2D eigenvalue weighted by atomic mass is 35.5. The number of rotatable bonds is 6. The summed E-state index contributed by atoms with van der Waals surface area (Å²) in [4.78, 5) is 12.6. The van der Waals surface area contributed by atoms with E-state index in [1.165, 1.54) is 12.1 Å². The number of hydrogen-bond donors (Lipinski definition) is 2. The van der Waals surface area contributed by atoms with Gasteiger partial charge in [0.25, 0.3) is 0 Å². The van der Waals surface area contributed by atoms with Crippen LogP contribution in [-0.4, -0.2) is 19.1 Å². The van der Waals surface area contributed by atoms with Crippen LogP contribution in [-0.2, 0) is 4.79 Å². The Labute approximate surface area is 145 Å². The minimum atomic E-state index is -0.629. The molecule has 0 bridgehead atoms. The minimum absolute atomic E-state index is 0.143. The molecular formula is C18H18ClFN2O2. The van der Waals surface area contributed by atoms with Crippen molar-refractivity contribution in [2.45, 2.75) is 24.9 Å². The van der Waals surface area contributed by atoms with E-state index >= 15 is 0 Å². The van der Waals surface area contributed by atoms with Crippen molar-refractivity contribution in [2.24, 2.45) is 0 Å². The number of amides is 1. The molecule has 24 heavy (non-hydrogen) atoms. The smallest absolute Gasteiger partial charge is 0.247 e. The van der Waals surface area contributed by atoms with E-state index in [2.05, 4.69) is 10.6 Å². The Morgan fingerprint density at radius 3 is 2.54 bits per heavy atom. The van der Waals surface area contributed by atoms with Gasteiger partial charge in [-0.1, -0.05) is 23.7 Å². The molecule has 1 aliphatic rings. The SMILES string of the molecule is COc1ccc(N[C@@H](C(=O)NC2CC2)c2ccc(F)cc2)cc1Cl. The lowest BCUT2D eigenvalue weighted by molar-refractivity contribution is -0.122. The van der Waals surface area contributed by atoms with E-state index in [0.29, 0.717) is 22.0 Å². The molecule has 126 valence electrons. The van der Waals surface area contributed by atoms with Crippen molar-refractivity contribution < 1.29 is 13.9 Å². The third kappa shape index (κ3) is 3.97. The molecule has 0 spiro atoms. The molecule has 0 radical (unpaired) electrons. The summed E-state index contributed by atoms with van der Waals surface area (Å²) in [6.07, 6.45) is 1.99. The van der Waals surface area contributed by atoms with Gasteiger partial charge in [0, 0.05) is 11.7 Å². The molecule has 0 aliphatic heterocycles. The van der Waals surface area contributed by atoms with Gasteiger partial charge in [-0.25, -0.2) is 4.39 Å². The molecule has 0 aromatic heterocycles. The Morgan fingerprint density at radius 2 is 1.96 bits per heavy atom. The highest BCUT2D eigenvalue weighted by molar-refractivity contribution is 6.32. The van der Waals surface area contributed by atoms with Gasteiger partial charge >= 0.3 is 0 Å². The van der Waals surface area contributed by atoms with Crippen LogP contribution in [0.4, 0.5) is 10.1 Å². The average Bonchev–Trinajstić information content (AvgIpc) is 3.37. The molecule has 1 fully saturated rings. The van der Waals surface area contributed by atoms with Crippen LogP contribution in [0.15, 0.2) is 42.5 Å². The first kappa shape index (κ1) is 16.6. The maximum Gasteiger partial charge on any atom is 0.247 e. The lowest BCUT2D eigenvalue weighted by Gasteiger charge is -2.20. The predicted octanol–water partition coefficient (Wildman–Crippen LogP) is 3.92. The van der Waals surface area contributed by atoms with Crippen LogP contribution in [0.25, 0.3) is 0 Å². The lowest BCUT2D eigenvalue weighted by Crippen LogP contribution is -2.34. The topological polar surface area (TPSA) is 50.4 Å². The number of nitrogens with one attached hydrogen (secondary N) is 2. The van der Waals surface area contributed by atoms with Crippen LogP contribution in [0, 0.1) is 5.82 Å². The summed E-state index contributed by atoms with van der Waals surface area (Å²) in [6.45, 7) is 0. The van der Waals surface area contributed by atoms with Gasteiger partial charge in [-0.15, -0.1) is 0 Å². The zero-order valence-electron chi connectivity index (χ0n) is 13.2. The molecule has 4 nitrogen and oxygen atoms in total. The third-order valence-corrected chi connectivity index (χ3v) is 4.15. The van der Waals surface area contributed by atoms with Crippen LogP contribution < -0.4 is 15.4 Å². The van der Waals surface area contributed by atoms with Crippen molar-refractivity contribution in [3.8, 4) is 5.75 Å². The molecule has 2 N–H and O–H groups in total. The fourth-order valence-electron chi connectivity index (χ4n) is 2.39. The Morgan fingerprint density at radius 1 is 1.25 bits per heavy atom. The van der Waals surface area contributed by atoms with Gasteiger partial charge in [0.15, 0.2) is 0 Å². The number of halogens is 2. The van der Waals surface area contributed by atoms with E-state index in [4.69, 9.17) is 16.3 Å². The van der Waals surface area contributed by atoms with Crippen LogP contribution in [0.2, 0.25) is 5.02 Å². The monoisotopic (exact) mass is 348 g/mol. The van der Waals surface area contributed by atoms with E-state index in [9.17, 15) is 9.18 Å². The van der Waals surface area contributed by atoms with Crippen LogP contribution >= 0.6 is 11.6 Å². The van der Waals surface area contributed by atoms with Crippen molar-refractivity contribution in [1.29, 1.82) is 0 Å². The highest BCUT2D eigenvalue weighted by Crippen LogP contribution is 2.30. The van der Waals surface area contributed by atoms with Gasteiger partial charge in [-0.3, -0.25) is 4.79 Å². The Kier molecular flexibility index (Phi) is 4.90. The molecule has 3 rings (SSSR count). The van der Waals surface area contributed by atoms with Gasteiger partial charge in [0.1, 0.15) is 17.6 Å². The minimum Gasteiger partial charge on any atom is -0.495 e. The number of carbonyl (C=O) groups is 1. The summed E-state index contributed by atoms with van der Waals surface area (Å²) in [5, 5.41) is 6.58. The first-order valence-electron chi connectivity index (χ1n) is 7.73. The number of ether oxygens (including phenoxy) is 1. The molecular weight excluding hydrogens is 331 g/mol. The Hall–Kier alpha value is -2.27. The van der Waals surface area contributed by atoms with Gasteiger partial charge < -0.3 is 15.4 Å². The van der Waals surface area contributed by atoms with Crippen molar-refractivity contribution in [3.63, 3.8) is 0 Å². The second-order valence-corrected chi connectivity index (χ2v) is 6.17. The summed E-state index contributed by atoms with van der Waals surface area (Å²) < 4.78 is 18.3. The third-order valence-electron chi connectivity index (χ3n) is 3.85. The summed E-state index contributed by atoms with van der Waals surface area (Å²) in [5.74, 6) is 0.0756. The van der Waals surface area contributed by atoms with Gasteiger partial charge in [0.2, 0.25) is 5.91 Å². The number of carbonyl (C=O) groups excluding carboxylic acids is 1. The standard InChI is InChI=1S/C18H18ClFN2O2/c1-24-16-9-8-14(10-15(16)19)21-17(18(23)22-13-6-7-13)11-2-4-12(20)5-3-11/h2-5,8-10,13,17,21H,6-7H2,1H3,(H,22,23)/t17-/m1/s1. The van der Waals surface area contributed by atoms with Gasteiger partial charge in [-0.05, 0) is 48.7 Å². The quantitative estimate of drug-likeness (QED) is 0.832. The molecule has 1 atom stereocenters. The van der Waals surface area contributed by atoms with Crippen molar-refractivity contribution in [3.05, 3.63) is 58.9 Å². The van der Waals surface area contributed by atoms with Crippen molar-refractivity contribution >= 4 is 23.2 Å². The zero-order valence-corrected chi connectivity index (χ0v) is 13.9. The molecule has 1 aliphatic carbocycles. The summed E-state index contributed by atoms with van der Waals surface area (Å²) in [6, 6.07) is 10.7. The summed E-state index contributed by atoms with van der Waals surface area (Å²) in [7, 11) is 1.54. The maximum absolute atomic E-state index is 13.2. The normalized spacial score (nSPS) is 14.8. The number of hydrogen-bond acceptors (Lipinski definition) is 3. The number of anilines is 1. The first-order valence-corrected chi connectivity index (χ1v) is 8.10. The lowest BCUT2D eigenvalue weighted by atomic mass is 10.1. The van der Waals surface area contributed by atoms with Gasteiger partial charge in [-0.2, -0.15) is 0 Å². The largest absolute Gasteiger partial charge is 0.495 e. The zero-order chi connectivity index (χ0) is 17.1. The molecule has 0 saturated heterocycles. The van der Waals surface area contributed by atoms with E-state index < -0.39 is 6.04 Å². The first-order chi connectivity index (χ1) is 11.6. The second-order valence-electron chi connectivity index (χ2n) is 5.76. The number of benzene rings is 2. The summed E-state index contributed by atoms with van der Waals surface area (Å²) in [5.41, 5.74) is 1.36. The molecule has 0 heterocycles. The fourth-order valence-corrected chi connectivity index (χ4v) is 2.65. The van der Waals surface area contributed by atoms with E-state index in [1.54, 1.807) is 37.4 Å². The maximum atomic E-state index is 13.2. The second kappa shape index (κ2) is 7.09. The van der Waals surface area contributed by atoms with Crippen LogP contribution in [0.5, 0.6) is 5.75 Å². The number of methoxy groups -OCH3 is 1. The average molecular weight is 349 g/mol. The van der Waals surface area contributed by atoms with Crippen LogP contribution in [0.1, 0.15) is 24.4 Å². The van der Waals surface area contributed by atoms with Crippen LogP contribution in [0.3, 0.4) is 0 Å². The molecule has 2 aromatic rings. The molecule has 1 amide bonds. The van der Waals surface area contributed by atoms with Crippen molar-refractivity contribution in [1.82, 2.24) is 5.32 Å².